The Morgan fingerprint density at radius 3 is 2.69 bits per heavy atom. The van der Waals surface area contributed by atoms with Crippen molar-refractivity contribution in [3.63, 3.8) is 0 Å². The second kappa shape index (κ2) is 3.66. The van der Waals surface area contributed by atoms with E-state index < -0.39 is 0 Å². The van der Waals surface area contributed by atoms with E-state index in [-0.39, 0.29) is 17.4 Å². The molecule has 0 aromatic heterocycles. The molecule has 0 radical (unpaired) electrons. The van der Waals surface area contributed by atoms with E-state index in [1.165, 1.54) is 0 Å². The molecular formula is C10H20N2O. The molecule has 1 saturated heterocycles. The van der Waals surface area contributed by atoms with Crippen LogP contribution in [0.15, 0.2) is 0 Å². The molecule has 13 heavy (non-hydrogen) atoms. The van der Waals surface area contributed by atoms with Crippen LogP contribution < -0.4 is 5.32 Å². The Balaban J connectivity index is 2.54. The van der Waals surface area contributed by atoms with Gasteiger partial charge in [0.05, 0.1) is 6.04 Å². The van der Waals surface area contributed by atoms with Gasteiger partial charge in [0.15, 0.2) is 0 Å². The van der Waals surface area contributed by atoms with Crippen molar-refractivity contribution in [3.8, 4) is 0 Å². The largest absolute Gasteiger partial charge is 0.340 e. The van der Waals surface area contributed by atoms with Crippen molar-refractivity contribution in [1.82, 2.24) is 10.2 Å². The van der Waals surface area contributed by atoms with Gasteiger partial charge in [0.25, 0.3) is 0 Å². The van der Waals surface area contributed by atoms with E-state index in [2.05, 4.69) is 26.1 Å². The monoisotopic (exact) mass is 184 g/mol. The van der Waals surface area contributed by atoms with Crippen molar-refractivity contribution in [1.29, 1.82) is 0 Å². The average Bonchev–Trinajstić information content (AvgIpc) is 1.96. The highest BCUT2D eigenvalue weighted by molar-refractivity contribution is 5.82. The number of carbonyl (C=O) groups is 1. The van der Waals surface area contributed by atoms with E-state index in [0.717, 1.165) is 19.6 Å². The molecule has 3 heteroatoms. The molecule has 1 rings (SSSR count). The lowest BCUT2D eigenvalue weighted by atomic mass is 9.95. The Bertz CT molecular complexity index is 196. The molecule has 0 saturated carbocycles. The molecule has 1 heterocycles. The van der Waals surface area contributed by atoms with E-state index >= 15 is 0 Å². The molecule has 0 aromatic rings. The number of nitrogens with one attached hydrogen (secondary N) is 1. The summed E-state index contributed by atoms with van der Waals surface area (Å²) >= 11 is 0. The first kappa shape index (κ1) is 10.5. The van der Waals surface area contributed by atoms with Crippen LogP contribution in [0.25, 0.3) is 0 Å². The highest BCUT2D eigenvalue weighted by Crippen LogP contribution is 2.16. The lowest BCUT2D eigenvalue weighted by Gasteiger charge is -2.35. The summed E-state index contributed by atoms with van der Waals surface area (Å²) in [5.74, 6) is 0.237. The van der Waals surface area contributed by atoms with E-state index in [1.807, 2.05) is 11.8 Å². The van der Waals surface area contributed by atoms with Gasteiger partial charge >= 0.3 is 0 Å². The minimum absolute atomic E-state index is 0.00361. The zero-order chi connectivity index (χ0) is 10.1. The third-order valence-electron chi connectivity index (χ3n) is 2.18. The number of hydrogen-bond acceptors (Lipinski definition) is 2. The molecule has 1 unspecified atom stereocenters. The van der Waals surface area contributed by atoms with Gasteiger partial charge in [-0.25, -0.2) is 0 Å². The molecule has 3 nitrogen and oxygen atoms in total. The maximum atomic E-state index is 11.7. The van der Waals surface area contributed by atoms with Crippen molar-refractivity contribution in [2.45, 2.75) is 33.7 Å². The second-order valence-electron chi connectivity index (χ2n) is 5.00. The Kier molecular flexibility index (Phi) is 2.96. The van der Waals surface area contributed by atoms with Gasteiger partial charge in [-0.1, -0.05) is 20.8 Å². The molecule has 1 amide bonds. The molecule has 0 bridgehead atoms. The summed E-state index contributed by atoms with van der Waals surface area (Å²) in [6.07, 6.45) is 0. The number of amides is 1. The first-order valence-corrected chi connectivity index (χ1v) is 4.92. The van der Waals surface area contributed by atoms with Crippen molar-refractivity contribution in [2.75, 3.05) is 19.6 Å². The number of carbonyl (C=O) groups excluding carboxylic acids is 1. The lowest BCUT2D eigenvalue weighted by molar-refractivity contribution is -0.136. The van der Waals surface area contributed by atoms with Crippen LogP contribution in [0.5, 0.6) is 0 Å². The standard InChI is InChI=1S/C10H20N2O/c1-8-9(13)12(6-5-11-8)7-10(2,3)4/h8,11H,5-7H2,1-4H3. The Hall–Kier alpha value is -0.570. The van der Waals surface area contributed by atoms with E-state index in [1.54, 1.807) is 0 Å². The predicted molar refractivity (Wildman–Crippen MR) is 53.5 cm³/mol. The Labute approximate surface area is 80.5 Å². The SMILES string of the molecule is CC1NCCN(CC(C)(C)C)C1=O. The zero-order valence-corrected chi connectivity index (χ0v) is 9.05. The quantitative estimate of drug-likeness (QED) is 0.655. The minimum Gasteiger partial charge on any atom is -0.340 e. The van der Waals surface area contributed by atoms with Crippen LogP contribution in [-0.4, -0.2) is 36.5 Å². The summed E-state index contributed by atoms with van der Waals surface area (Å²) in [5, 5.41) is 3.16. The summed E-state index contributed by atoms with van der Waals surface area (Å²) in [6.45, 7) is 11.0. The molecule has 0 aromatic carbocycles. The number of rotatable bonds is 1. The summed E-state index contributed by atoms with van der Waals surface area (Å²) in [4.78, 5) is 13.6. The van der Waals surface area contributed by atoms with Gasteiger partial charge < -0.3 is 10.2 Å². The van der Waals surface area contributed by atoms with E-state index in [4.69, 9.17) is 0 Å². The second-order valence-corrected chi connectivity index (χ2v) is 5.00. The first-order valence-electron chi connectivity index (χ1n) is 4.92. The fourth-order valence-corrected chi connectivity index (χ4v) is 1.62. The molecule has 1 aliphatic rings. The molecule has 1 atom stereocenters. The van der Waals surface area contributed by atoms with Crippen LogP contribution in [0.3, 0.4) is 0 Å². The third kappa shape index (κ3) is 2.99. The number of nitrogens with zero attached hydrogens (tertiary/aromatic N) is 1. The normalized spacial score (nSPS) is 25.1. The molecule has 1 N–H and O–H groups in total. The third-order valence-corrected chi connectivity index (χ3v) is 2.18. The van der Waals surface area contributed by atoms with Crippen LogP contribution in [0.4, 0.5) is 0 Å². The summed E-state index contributed by atoms with van der Waals surface area (Å²) in [5.41, 5.74) is 0.201. The van der Waals surface area contributed by atoms with E-state index in [0.29, 0.717) is 0 Å². The smallest absolute Gasteiger partial charge is 0.239 e. The molecule has 76 valence electrons. The topological polar surface area (TPSA) is 32.3 Å². The highest BCUT2D eigenvalue weighted by atomic mass is 16.2. The molecule has 1 aliphatic heterocycles. The van der Waals surface area contributed by atoms with Gasteiger partial charge in [-0.15, -0.1) is 0 Å². The fraction of sp³-hybridized carbons (Fsp3) is 0.900. The zero-order valence-electron chi connectivity index (χ0n) is 9.05. The fourth-order valence-electron chi connectivity index (χ4n) is 1.62. The maximum Gasteiger partial charge on any atom is 0.239 e. The summed E-state index contributed by atoms with van der Waals surface area (Å²) < 4.78 is 0. The van der Waals surface area contributed by atoms with Gasteiger partial charge in [0, 0.05) is 19.6 Å². The van der Waals surface area contributed by atoms with Gasteiger partial charge in [0.2, 0.25) is 5.91 Å². The molecule has 0 spiro atoms. The average molecular weight is 184 g/mol. The summed E-state index contributed by atoms with van der Waals surface area (Å²) in [6, 6.07) is -0.00361. The minimum atomic E-state index is -0.00361. The van der Waals surface area contributed by atoms with E-state index in [9.17, 15) is 4.79 Å². The Morgan fingerprint density at radius 2 is 2.15 bits per heavy atom. The first-order chi connectivity index (χ1) is 5.90. The van der Waals surface area contributed by atoms with Crippen LogP contribution in [0.2, 0.25) is 0 Å². The van der Waals surface area contributed by atoms with Crippen LogP contribution >= 0.6 is 0 Å². The number of hydrogen-bond donors (Lipinski definition) is 1. The van der Waals surface area contributed by atoms with Crippen LogP contribution in [0.1, 0.15) is 27.7 Å². The van der Waals surface area contributed by atoms with Gasteiger partial charge in [-0.05, 0) is 12.3 Å². The lowest BCUT2D eigenvalue weighted by Crippen LogP contribution is -2.55. The van der Waals surface area contributed by atoms with Crippen LogP contribution in [-0.2, 0) is 4.79 Å². The van der Waals surface area contributed by atoms with Crippen molar-refractivity contribution < 1.29 is 4.79 Å². The van der Waals surface area contributed by atoms with Gasteiger partial charge in [-0.2, -0.15) is 0 Å². The van der Waals surface area contributed by atoms with Crippen molar-refractivity contribution >= 4 is 5.91 Å². The van der Waals surface area contributed by atoms with Crippen LogP contribution in [0, 0.1) is 5.41 Å². The van der Waals surface area contributed by atoms with Crippen molar-refractivity contribution in [3.05, 3.63) is 0 Å². The molecule has 0 aliphatic carbocycles. The van der Waals surface area contributed by atoms with Gasteiger partial charge in [0.1, 0.15) is 0 Å². The van der Waals surface area contributed by atoms with Crippen molar-refractivity contribution in [2.24, 2.45) is 5.41 Å². The molecular weight excluding hydrogens is 164 g/mol. The van der Waals surface area contributed by atoms with Gasteiger partial charge in [-0.3, -0.25) is 4.79 Å². The predicted octanol–water partition coefficient (Wildman–Crippen LogP) is 0.853. The summed E-state index contributed by atoms with van der Waals surface area (Å²) in [7, 11) is 0. The highest BCUT2D eigenvalue weighted by Gasteiger charge is 2.27. The Morgan fingerprint density at radius 1 is 1.54 bits per heavy atom. The maximum absolute atomic E-state index is 11.7. The molecule has 1 fully saturated rings. The number of piperazine rings is 1.